The van der Waals surface area contributed by atoms with E-state index in [0.29, 0.717) is 22.3 Å². The summed E-state index contributed by atoms with van der Waals surface area (Å²) in [4.78, 5) is 25.1. The average molecular weight is 399 g/mol. The van der Waals surface area contributed by atoms with Crippen LogP contribution in [0.5, 0.6) is 0 Å². The summed E-state index contributed by atoms with van der Waals surface area (Å²) in [5, 5.41) is 5.30. The maximum Gasteiger partial charge on any atom is 0.261 e. The Hall–Kier alpha value is -1.73. The van der Waals surface area contributed by atoms with Gasteiger partial charge in [0.2, 0.25) is 5.91 Å². The molecule has 1 heterocycles. The number of nitrogens with one attached hydrogen (secondary N) is 2. The van der Waals surface area contributed by atoms with Crippen LogP contribution < -0.4 is 10.6 Å². The molecule has 0 atom stereocenters. The van der Waals surface area contributed by atoms with Crippen molar-refractivity contribution in [2.24, 2.45) is 0 Å². The van der Waals surface area contributed by atoms with Gasteiger partial charge in [-0.15, -0.1) is 11.3 Å². The second-order valence-corrected chi connectivity index (χ2v) is 7.08. The molecule has 2 amide bonds. The van der Waals surface area contributed by atoms with Crippen LogP contribution in [0.25, 0.3) is 0 Å². The van der Waals surface area contributed by atoms with Crippen LogP contribution in [0.3, 0.4) is 0 Å². The first-order valence-corrected chi connectivity index (χ1v) is 8.62. The van der Waals surface area contributed by atoms with Crippen molar-refractivity contribution in [1.29, 1.82) is 0 Å². The molecule has 0 saturated carbocycles. The highest BCUT2D eigenvalue weighted by Gasteiger charge is 2.09. The molecule has 7 heteroatoms. The van der Waals surface area contributed by atoms with Gasteiger partial charge in [-0.05, 0) is 59.1 Å². The lowest BCUT2D eigenvalue weighted by atomic mass is 10.1. The Labute approximate surface area is 146 Å². The molecular formula is C16H16BrFN2O2S. The Kier molecular flexibility index (Phi) is 6.29. The zero-order chi connectivity index (χ0) is 16.8. The molecule has 0 radical (unpaired) electrons. The highest BCUT2D eigenvalue weighted by atomic mass is 79.9. The number of carbonyl (C=O) groups is 2. The van der Waals surface area contributed by atoms with Crippen LogP contribution in [-0.2, 0) is 11.2 Å². The van der Waals surface area contributed by atoms with Crippen LogP contribution in [0.1, 0.15) is 20.1 Å². The molecule has 1 aromatic carbocycles. The molecule has 122 valence electrons. The molecule has 0 unspecified atom stereocenters. The van der Waals surface area contributed by atoms with E-state index in [0.717, 1.165) is 10.4 Å². The van der Waals surface area contributed by atoms with Crippen molar-refractivity contribution in [3.8, 4) is 0 Å². The molecule has 0 bridgehead atoms. The van der Waals surface area contributed by atoms with Gasteiger partial charge in [-0.2, -0.15) is 0 Å². The molecule has 2 N–H and O–H groups in total. The molecular weight excluding hydrogens is 383 g/mol. The predicted molar refractivity (Wildman–Crippen MR) is 92.2 cm³/mol. The average Bonchev–Trinajstić information content (AvgIpc) is 2.95. The van der Waals surface area contributed by atoms with E-state index in [1.54, 1.807) is 18.2 Å². The van der Waals surface area contributed by atoms with E-state index in [4.69, 9.17) is 0 Å². The van der Waals surface area contributed by atoms with Crippen LogP contribution in [-0.4, -0.2) is 24.9 Å². The molecule has 0 aliphatic rings. The predicted octanol–water partition coefficient (Wildman–Crippen LogP) is 3.05. The highest BCUT2D eigenvalue weighted by molar-refractivity contribution is 9.10. The van der Waals surface area contributed by atoms with E-state index in [1.165, 1.54) is 17.4 Å². The standard InChI is InChI=1S/C16H16BrFN2O2S/c1-10-2-5-14(23-10)16(22)20-9-15(21)19-7-6-11-3-4-13(18)12(17)8-11/h2-5,8H,6-7,9H2,1H3,(H,19,21)(H,20,22). The summed E-state index contributed by atoms with van der Waals surface area (Å²) in [6, 6.07) is 8.33. The third kappa shape index (κ3) is 5.44. The summed E-state index contributed by atoms with van der Waals surface area (Å²) in [5.41, 5.74) is 0.914. The van der Waals surface area contributed by atoms with E-state index in [9.17, 15) is 14.0 Å². The normalized spacial score (nSPS) is 10.4. The monoisotopic (exact) mass is 398 g/mol. The number of halogens is 2. The molecule has 2 aromatic rings. The molecule has 2 rings (SSSR count). The number of thiophene rings is 1. The topological polar surface area (TPSA) is 58.2 Å². The van der Waals surface area contributed by atoms with Gasteiger partial charge >= 0.3 is 0 Å². The lowest BCUT2D eigenvalue weighted by Gasteiger charge is -2.07. The minimum Gasteiger partial charge on any atom is -0.354 e. The second kappa shape index (κ2) is 8.21. The molecule has 0 fully saturated rings. The number of carbonyl (C=O) groups excluding carboxylic acids is 2. The molecule has 23 heavy (non-hydrogen) atoms. The van der Waals surface area contributed by atoms with Crippen LogP contribution in [0.4, 0.5) is 4.39 Å². The maximum absolute atomic E-state index is 13.1. The van der Waals surface area contributed by atoms with Crippen molar-refractivity contribution in [3.63, 3.8) is 0 Å². The number of benzene rings is 1. The van der Waals surface area contributed by atoms with Gasteiger partial charge in [-0.25, -0.2) is 4.39 Å². The van der Waals surface area contributed by atoms with Crippen molar-refractivity contribution < 1.29 is 14.0 Å². The fourth-order valence-electron chi connectivity index (χ4n) is 1.91. The number of aryl methyl sites for hydroxylation is 1. The van der Waals surface area contributed by atoms with Crippen LogP contribution in [0.2, 0.25) is 0 Å². The molecule has 0 aliphatic heterocycles. The van der Waals surface area contributed by atoms with Crippen LogP contribution in [0, 0.1) is 12.7 Å². The summed E-state index contributed by atoms with van der Waals surface area (Å²) in [5.74, 6) is -0.821. The van der Waals surface area contributed by atoms with Gasteiger partial charge in [0.15, 0.2) is 0 Å². The largest absolute Gasteiger partial charge is 0.354 e. The summed E-state index contributed by atoms with van der Waals surface area (Å²) in [7, 11) is 0. The van der Waals surface area contributed by atoms with E-state index >= 15 is 0 Å². The first-order valence-electron chi connectivity index (χ1n) is 7.01. The van der Waals surface area contributed by atoms with Gasteiger partial charge in [-0.3, -0.25) is 9.59 Å². The smallest absolute Gasteiger partial charge is 0.261 e. The number of hydrogen-bond donors (Lipinski definition) is 2. The first-order chi connectivity index (χ1) is 11.0. The van der Waals surface area contributed by atoms with Gasteiger partial charge in [0.25, 0.3) is 5.91 Å². The number of rotatable bonds is 6. The Morgan fingerprint density at radius 1 is 1.22 bits per heavy atom. The van der Waals surface area contributed by atoms with Gasteiger partial charge in [-0.1, -0.05) is 6.07 Å². The van der Waals surface area contributed by atoms with Crippen molar-refractivity contribution in [2.45, 2.75) is 13.3 Å². The summed E-state index contributed by atoms with van der Waals surface area (Å²) >= 11 is 4.51. The first kappa shape index (κ1) is 17.6. The van der Waals surface area contributed by atoms with Gasteiger partial charge in [0, 0.05) is 11.4 Å². The van der Waals surface area contributed by atoms with E-state index in [2.05, 4.69) is 26.6 Å². The molecule has 0 spiro atoms. The van der Waals surface area contributed by atoms with Crippen molar-refractivity contribution in [2.75, 3.05) is 13.1 Å². The lowest BCUT2D eigenvalue weighted by Crippen LogP contribution is -2.37. The zero-order valence-electron chi connectivity index (χ0n) is 12.5. The van der Waals surface area contributed by atoms with Crippen molar-refractivity contribution in [3.05, 3.63) is 55.9 Å². The molecule has 4 nitrogen and oxygen atoms in total. The molecule has 1 aromatic heterocycles. The third-order valence-electron chi connectivity index (χ3n) is 3.09. The fraction of sp³-hybridized carbons (Fsp3) is 0.250. The fourth-order valence-corrected chi connectivity index (χ4v) is 3.12. The maximum atomic E-state index is 13.1. The lowest BCUT2D eigenvalue weighted by molar-refractivity contribution is -0.120. The quantitative estimate of drug-likeness (QED) is 0.785. The number of amides is 2. The van der Waals surface area contributed by atoms with Crippen LogP contribution in [0.15, 0.2) is 34.8 Å². The second-order valence-electron chi connectivity index (χ2n) is 4.94. The Bertz CT molecular complexity index is 718. The summed E-state index contributed by atoms with van der Waals surface area (Å²) < 4.78 is 13.5. The molecule has 0 aliphatic carbocycles. The third-order valence-corrected chi connectivity index (χ3v) is 4.70. The summed E-state index contributed by atoms with van der Waals surface area (Å²) in [6.07, 6.45) is 0.586. The molecule has 0 saturated heterocycles. The van der Waals surface area contributed by atoms with Gasteiger partial charge < -0.3 is 10.6 Å². The van der Waals surface area contributed by atoms with E-state index < -0.39 is 0 Å². The minimum atomic E-state index is -0.315. The minimum absolute atomic E-state index is 0.0666. The van der Waals surface area contributed by atoms with Crippen molar-refractivity contribution in [1.82, 2.24) is 10.6 Å². The highest BCUT2D eigenvalue weighted by Crippen LogP contribution is 2.17. The Balaban J connectivity index is 1.70. The number of hydrogen-bond acceptors (Lipinski definition) is 3. The Morgan fingerprint density at radius 3 is 2.65 bits per heavy atom. The SMILES string of the molecule is Cc1ccc(C(=O)NCC(=O)NCCc2ccc(F)c(Br)c2)s1. The van der Waals surface area contributed by atoms with Gasteiger partial charge in [0.1, 0.15) is 5.82 Å². The van der Waals surface area contributed by atoms with Gasteiger partial charge in [0.05, 0.1) is 15.9 Å². The van der Waals surface area contributed by atoms with E-state index in [-0.39, 0.29) is 24.2 Å². The van der Waals surface area contributed by atoms with Crippen molar-refractivity contribution >= 4 is 39.1 Å². The summed E-state index contributed by atoms with van der Waals surface area (Å²) in [6.45, 7) is 2.27. The van der Waals surface area contributed by atoms with E-state index in [1.807, 2.05) is 13.0 Å². The Morgan fingerprint density at radius 2 is 2.00 bits per heavy atom. The zero-order valence-corrected chi connectivity index (χ0v) is 14.9. The van der Waals surface area contributed by atoms with Crippen LogP contribution >= 0.6 is 27.3 Å².